The van der Waals surface area contributed by atoms with Gasteiger partial charge in [-0.05, 0) is 53.6 Å². The van der Waals surface area contributed by atoms with Crippen molar-refractivity contribution in [2.45, 2.75) is 23.6 Å². The molecule has 0 spiro atoms. The Morgan fingerprint density at radius 2 is 1.00 bits per heavy atom. The van der Waals surface area contributed by atoms with Crippen molar-refractivity contribution < 1.29 is 19.4 Å². The molecule has 0 aromatic heterocycles. The fourth-order valence-electron chi connectivity index (χ4n) is 3.19. The summed E-state index contributed by atoms with van der Waals surface area (Å²) >= 11 is 2.20. The van der Waals surface area contributed by atoms with Crippen LogP contribution in [0.2, 0.25) is 0 Å². The Morgan fingerprint density at radius 1 is 0.639 bits per heavy atom. The van der Waals surface area contributed by atoms with Crippen LogP contribution >= 0.6 is 23.5 Å². The quantitative estimate of drug-likeness (QED) is 0.133. The van der Waals surface area contributed by atoms with Gasteiger partial charge in [-0.3, -0.25) is 29.8 Å². The first-order chi connectivity index (χ1) is 17.1. The number of nitrogens with zero attached hydrogens (tertiary/aromatic N) is 2. The number of thioether (sulfide) groups is 2. The fraction of sp³-hybridized carbons (Fsp3) is 0.0769. The predicted molar refractivity (Wildman–Crippen MR) is 144 cm³/mol. The average molecular weight is 521 g/mol. The summed E-state index contributed by atoms with van der Waals surface area (Å²) in [6.45, 7) is 2.95. The van der Waals surface area contributed by atoms with Crippen LogP contribution in [0.4, 0.5) is 11.4 Å². The van der Waals surface area contributed by atoms with Crippen molar-refractivity contribution in [3.63, 3.8) is 0 Å². The molecule has 0 heterocycles. The Morgan fingerprint density at radius 3 is 1.31 bits per heavy atom. The third-order valence-corrected chi connectivity index (χ3v) is 6.35. The largest absolute Gasteiger partial charge is 0.287 e. The normalized spacial score (nSPS) is 11.2. The van der Waals surface area contributed by atoms with E-state index in [9.17, 15) is 29.8 Å². The van der Waals surface area contributed by atoms with E-state index < -0.39 is 9.85 Å². The smallest absolute Gasteiger partial charge is 0.283 e. The summed E-state index contributed by atoms with van der Waals surface area (Å²) < 4.78 is 0. The Kier molecular flexibility index (Phi) is 8.93. The average Bonchev–Trinajstić information content (AvgIpc) is 2.82. The van der Waals surface area contributed by atoms with Gasteiger partial charge in [-0.15, -0.1) is 0 Å². The SMILES string of the molecule is CC(=O)Sc1ccc(/C=C/c2cc(/C=C/c3ccc(SC(C)=O)cc3)c([N+](=O)[O-])cc2[N+](=O)[O-])cc1. The molecule has 0 unspecified atom stereocenters. The van der Waals surface area contributed by atoms with Crippen molar-refractivity contribution in [2.24, 2.45) is 0 Å². The maximum atomic E-state index is 11.6. The molecule has 36 heavy (non-hydrogen) atoms. The summed E-state index contributed by atoms with van der Waals surface area (Å²) in [7, 11) is 0. The van der Waals surface area contributed by atoms with Gasteiger partial charge < -0.3 is 0 Å². The van der Waals surface area contributed by atoms with Gasteiger partial charge >= 0.3 is 0 Å². The molecule has 0 aliphatic heterocycles. The van der Waals surface area contributed by atoms with E-state index in [1.54, 1.807) is 60.7 Å². The number of rotatable bonds is 8. The van der Waals surface area contributed by atoms with Crippen LogP contribution in [-0.2, 0) is 9.59 Å². The van der Waals surface area contributed by atoms with Crippen LogP contribution in [-0.4, -0.2) is 20.1 Å². The van der Waals surface area contributed by atoms with Gasteiger partial charge in [0.05, 0.1) is 27.0 Å². The molecular weight excluding hydrogens is 500 g/mol. The lowest BCUT2D eigenvalue weighted by atomic mass is 10.0. The van der Waals surface area contributed by atoms with Crippen molar-refractivity contribution in [1.29, 1.82) is 0 Å². The van der Waals surface area contributed by atoms with E-state index in [0.29, 0.717) is 0 Å². The van der Waals surface area contributed by atoms with Crippen LogP contribution in [0.1, 0.15) is 36.1 Å². The molecule has 0 saturated heterocycles. The number of hydrogen-bond acceptors (Lipinski definition) is 8. The molecule has 0 N–H and O–H groups in total. The summed E-state index contributed by atoms with van der Waals surface area (Å²) in [5, 5.41) is 23.2. The van der Waals surface area contributed by atoms with Gasteiger partial charge in [-0.2, -0.15) is 0 Å². The van der Waals surface area contributed by atoms with Gasteiger partial charge in [0.1, 0.15) is 0 Å². The van der Waals surface area contributed by atoms with Crippen LogP contribution in [0.5, 0.6) is 0 Å². The first-order valence-corrected chi connectivity index (χ1v) is 12.2. The van der Waals surface area contributed by atoms with Gasteiger partial charge in [0.2, 0.25) is 0 Å². The number of carbonyl (C=O) groups excluding carboxylic acids is 2. The Labute approximate surface area is 215 Å². The Hall–Kier alpha value is -4.02. The number of nitro benzene ring substituents is 2. The van der Waals surface area contributed by atoms with E-state index >= 15 is 0 Å². The molecule has 0 aliphatic rings. The zero-order valence-electron chi connectivity index (χ0n) is 19.2. The fourth-order valence-corrected chi connectivity index (χ4v) is 4.40. The van der Waals surface area contributed by atoms with Crippen LogP contribution in [0.15, 0.2) is 70.5 Å². The second kappa shape index (κ2) is 12.1. The first-order valence-electron chi connectivity index (χ1n) is 10.5. The van der Waals surface area contributed by atoms with Gasteiger partial charge in [0, 0.05) is 23.6 Å². The molecule has 10 heteroatoms. The summed E-state index contributed by atoms with van der Waals surface area (Å²) in [6.07, 6.45) is 6.38. The standard InChI is InChI=1S/C26H20N2O6S2/c1-17(29)35-23-11-5-19(6-12-23)3-9-21-15-22(26(28(33)34)16-25(21)27(31)32)10-4-20-7-13-24(14-8-20)36-18(2)30/h3-16H,1-2H3/b9-3+,10-4+. The molecule has 0 fully saturated rings. The Balaban J connectivity index is 1.94. The third kappa shape index (κ3) is 7.49. The minimum absolute atomic E-state index is 0.0359. The van der Waals surface area contributed by atoms with Crippen LogP contribution < -0.4 is 0 Å². The highest BCUT2D eigenvalue weighted by atomic mass is 32.2. The molecule has 0 bridgehead atoms. The van der Waals surface area contributed by atoms with Gasteiger partial charge in [0.15, 0.2) is 10.2 Å². The monoisotopic (exact) mass is 520 g/mol. The number of nitro groups is 2. The van der Waals surface area contributed by atoms with Gasteiger partial charge in [-0.25, -0.2) is 0 Å². The molecule has 0 amide bonds. The van der Waals surface area contributed by atoms with Gasteiger partial charge in [-0.1, -0.05) is 59.9 Å². The lowest BCUT2D eigenvalue weighted by Gasteiger charge is -2.04. The topological polar surface area (TPSA) is 120 Å². The van der Waals surface area contributed by atoms with E-state index in [2.05, 4.69) is 0 Å². The van der Waals surface area contributed by atoms with Crippen molar-refractivity contribution in [1.82, 2.24) is 0 Å². The molecule has 0 saturated carbocycles. The highest BCUT2D eigenvalue weighted by Gasteiger charge is 2.22. The molecule has 3 aromatic rings. The van der Waals surface area contributed by atoms with Gasteiger partial charge in [0.25, 0.3) is 11.4 Å². The van der Waals surface area contributed by atoms with E-state index in [-0.39, 0.29) is 32.7 Å². The number of carbonyl (C=O) groups is 2. The molecular formula is C26H20N2O6S2. The van der Waals surface area contributed by atoms with Crippen molar-refractivity contribution >= 4 is 69.4 Å². The maximum Gasteiger partial charge on any atom is 0.283 e. The minimum Gasteiger partial charge on any atom is -0.287 e. The number of benzene rings is 3. The zero-order chi connectivity index (χ0) is 26.2. The second-order valence-electron chi connectivity index (χ2n) is 7.48. The summed E-state index contributed by atoms with van der Waals surface area (Å²) in [4.78, 5) is 46.0. The van der Waals surface area contributed by atoms with E-state index in [4.69, 9.17) is 0 Å². The lowest BCUT2D eigenvalue weighted by Crippen LogP contribution is -1.98. The van der Waals surface area contributed by atoms with Crippen molar-refractivity contribution in [3.8, 4) is 0 Å². The molecule has 182 valence electrons. The lowest BCUT2D eigenvalue weighted by molar-refractivity contribution is -0.394. The molecule has 0 aliphatic carbocycles. The highest BCUT2D eigenvalue weighted by Crippen LogP contribution is 2.32. The molecule has 3 rings (SSSR count). The number of hydrogen-bond donors (Lipinski definition) is 0. The Bertz CT molecular complexity index is 1280. The zero-order valence-corrected chi connectivity index (χ0v) is 20.9. The maximum absolute atomic E-state index is 11.6. The first kappa shape index (κ1) is 26.6. The summed E-state index contributed by atoms with van der Waals surface area (Å²) in [6, 6.07) is 16.5. The van der Waals surface area contributed by atoms with Crippen LogP contribution in [0, 0.1) is 20.2 Å². The van der Waals surface area contributed by atoms with E-state index in [1.165, 1.54) is 32.1 Å². The van der Waals surface area contributed by atoms with Crippen LogP contribution in [0.25, 0.3) is 24.3 Å². The van der Waals surface area contributed by atoms with E-state index in [1.807, 2.05) is 0 Å². The van der Waals surface area contributed by atoms with Crippen LogP contribution in [0.3, 0.4) is 0 Å². The summed E-state index contributed by atoms with van der Waals surface area (Å²) in [5.74, 6) is 0. The third-order valence-electron chi connectivity index (χ3n) is 4.76. The molecule has 3 aromatic carbocycles. The highest BCUT2D eigenvalue weighted by molar-refractivity contribution is 8.13. The molecule has 0 radical (unpaired) electrons. The predicted octanol–water partition coefficient (Wildman–Crippen LogP) is 7.12. The summed E-state index contributed by atoms with van der Waals surface area (Å²) in [5.41, 5.74) is 1.14. The van der Waals surface area contributed by atoms with Crippen molar-refractivity contribution in [2.75, 3.05) is 0 Å². The molecule has 8 nitrogen and oxygen atoms in total. The minimum atomic E-state index is -0.655. The molecule has 0 atom stereocenters. The van der Waals surface area contributed by atoms with E-state index in [0.717, 1.165) is 50.5 Å². The second-order valence-corrected chi connectivity index (χ2v) is 9.98. The van der Waals surface area contributed by atoms with Crippen molar-refractivity contribution in [3.05, 3.63) is 103 Å².